The van der Waals surface area contributed by atoms with E-state index in [-0.39, 0.29) is 29.7 Å². The number of rotatable bonds is 8. The molecule has 8 nitrogen and oxygen atoms in total. The van der Waals surface area contributed by atoms with Crippen molar-refractivity contribution >= 4 is 49.0 Å². The van der Waals surface area contributed by atoms with E-state index in [2.05, 4.69) is 10.6 Å². The number of benzene rings is 2. The number of ketones is 1. The van der Waals surface area contributed by atoms with Crippen LogP contribution in [0.25, 0.3) is 10.1 Å². The van der Waals surface area contributed by atoms with E-state index in [0.717, 1.165) is 26.5 Å². The molecule has 1 saturated heterocycles. The fourth-order valence-corrected chi connectivity index (χ4v) is 6.87. The maximum Gasteiger partial charge on any atom is 0.262 e. The number of nitrogens with one attached hydrogen (secondary N) is 2. The van der Waals surface area contributed by atoms with Crippen LogP contribution in [0.5, 0.6) is 0 Å². The van der Waals surface area contributed by atoms with E-state index < -0.39 is 46.2 Å². The molecule has 0 aliphatic carbocycles. The van der Waals surface area contributed by atoms with E-state index in [9.17, 15) is 27.2 Å². The van der Waals surface area contributed by atoms with Crippen LogP contribution in [0.4, 0.5) is 4.39 Å². The van der Waals surface area contributed by atoms with Gasteiger partial charge in [-0.15, -0.1) is 11.3 Å². The molecule has 3 aromatic rings. The minimum atomic E-state index is -4.08. The predicted molar refractivity (Wildman–Crippen MR) is 144 cm³/mol. The summed E-state index contributed by atoms with van der Waals surface area (Å²) in [7, 11) is -4.08. The lowest BCUT2D eigenvalue weighted by Gasteiger charge is -2.23. The van der Waals surface area contributed by atoms with Crippen molar-refractivity contribution in [3.8, 4) is 0 Å². The van der Waals surface area contributed by atoms with E-state index in [0.29, 0.717) is 17.7 Å². The van der Waals surface area contributed by atoms with Crippen molar-refractivity contribution in [2.24, 2.45) is 5.92 Å². The number of hydrogen-bond acceptors (Lipinski definition) is 6. The summed E-state index contributed by atoms with van der Waals surface area (Å²) >= 11 is 1.33. The quantitative estimate of drug-likeness (QED) is 0.437. The van der Waals surface area contributed by atoms with Crippen LogP contribution in [0.3, 0.4) is 0 Å². The average Bonchev–Trinajstić information content (AvgIpc) is 3.22. The highest BCUT2D eigenvalue weighted by Crippen LogP contribution is 2.25. The molecule has 0 saturated carbocycles. The van der Waals surface area contributed by atoms with Crippen molar-refractivity contribution in [2.45, 2.75) is 50.1 Å². The molecule has 1 unspecified atom stereocenters. The Morgan fingerprint density at radius 2 is 1.89 bits per heavy atom. The highest BCUT2D eigenvalue weighted by atomic mass is 32.2. The molecular weight excluding hydrogens is 529 g/mol. The standard InChI is InChI=1S/C27H30FN3O5S2/c1-17(2)13-22(30-27(34)25-14-18-7-3-4-11-24(18)37-25)26(33)29-21-10-6-12-31(16-23(21)32)38(35,36)20-9-5-8-19(28)15-20/h3-5,7-9,11,14-15,17,21-22H,6,10,12-13,16H2,1-2H3,(H,29,33)(H,30,34)/t21?,22-/m0/s1. The van der Waals surface area contributed by atoms with Crippen LogP contribution in [0.15, 0.2) is 59.5 Å². The van der Waals surface area contributed by atoms with Gasteiger partial charge in [-0.1, -0.05) is 38.1 Å². The second kappa shape index (κ2) is 11.7. The molecule has 2 heterocycles. The summed E-state index contributed by atoms with van der Waals surface area (Å²) in [6.07, 6.45) is 0.941. The van der Waals surface area contributed by atoms with Crippen molar-refractivity contribution in [2.75, 3.05) is 13.1 Å². The number of halogens is 1. The first kappa shape index (κ1) is 27.9. The highest BCUT2D eigenvalue weighted by Gasteiger charge is 2.34. The molecule has 2 amide bonds. The Balaban J connectivity index is 1.44. The number of amides is 2. The minimum absolute atomic E-state index is 0.0645. The maximum atomic E-state index is 13.6. The van der Waals surface area contributed by atoms with Gasteiger partial charge in [-0.05, 0) is 60.9 Å². The molecule has 11 heteroatoms. The third-order valence-corrected chi connectivity index (χ3v) is 9.31. The maximum absolute atomic E-state index is 13.6. The van der Waals surface area contributed by atoms with Crippen LogP contribution < -0.4 is 10.6 Å². The van der Waals surface area contributed by atoms with Crippen molar-refractivity contribution in [3.05, 3.63) is 65.3 Å². The number of hydrogen-bond donors (Lipinski definition) is 2. The Bertz CT molecular complexity index is 1420. The normalized spacial score (nSPS) is 17.8. The Labute approximate surface area is 225 Å². The predicted octanol–water partition coefficient (Wildman–Crippen LogP) is 3.72. The fourth-order valence-electron chi connectivity index (χ4n) is 4.43. The second-order valence-electron chi connectivity index (χ2n) is 9.77. The molecule has 1 aromatic heterocycles. The van der Waals surface area contributed by atoms with Gasteiger partial charge in [0, 0.05) is 11.2 Å². The van der Waals surface area contributed by atoms with E-state index >= 15 is 0 Å². The lowest BCUT2D eigenvalue weighted by atomic mass is 10.0. The van der Waals surface area contributed by atoms with Gasteiger partial charge in [0.05, 0.1) is 22.4 Å². The number of carbonyl (C=O) groups is 3. The van der Waals surface area contributed by atoms with Crippen molar-refractivity contribution < 1.29 is 27.2 Å². The van der Waals surface area contributed by atoms with Crippen LogP contribution in [0, 0.1) is 11.7 Å². The summed E-state index contributed by atoms with van der Waals surface area (Å²) < 4.78 is 41.6. The lowest BCUT2D eigenvalue weighted by molar-refractivity contribution is -0.129. The highest BCUT2D eigenvalue weighted by molar-refractivity contribution is 7.89. The summed E-state index contributed by atoms with van der Waals surface area (Å²) in [5.74, 6) is -1.93. The first-order valence-electron chi connectivity index (χ1n) is 12.4. The minimum Gasteiger partial charge on any atom is -0.344 e. The largest absolute Gasteiger partial charge is 0.344 e. The van der Waals surface area contributed by atoms with Crippen molar-refractivity contribution in [3.63, 3.8) is 0 Å². The molecule has 0 spiro atoms. The van der Waals surface area contributed by atoms with Crippen LogP contribution in [-0.2, 0) is 19.6 Å². The zero-order valence-electron chi connectivity index (χ0n) is 21.1. The summed E-state index contributed by atoms with van der Waals surface area (Å²) in [5.41, 5.74) is 0. The number of carbonyl (C=O) groups excluding carboxylic acids is 3. The van der Waals surface area contributed by atoms with Crippen LogP contribution >= 0.6 is 11.3 Å². The lowest BCUT2D eigenvalue weighted by Crippen LogP contribution is -2.52. The molecule has 0 radical (unpaired) electrons. The molecule has 1 aliphatic heterocycles. The Morgan fingerprint density at radius 3 is 2.61 bits per heavy atom. The number of Topliss-reactive ketones (excluding diaryl/α,β-unsaturated/α-hetero) is 1. The summed E-state index contributed by atoms with van der Waals surface area (Å²) in [5, 5.41) is 6.49. The van der Waals surface area contributed by atoms with Gasteiger partial charge in [-0.2, -0.15) is 4.31 Å². The van der Waals surface area contributed by atoms with Gasteiger partial charge in [0.2, 0.25) is 15.9 Å². The van der Waals surface area contributed by atoms with E-state index in [1.54, 1.807) is 6.07 Å². The van der Waals surface area contributed by atoms with Gasteiger partial charge in [-0.3, -0.25) is 14.4 Å². The van der Waals surface area contributed by atoms with Gasteiger partial charge < -0.3 is 10.6 Å². The number of sulfonamides is 1. The van der Waals surface area contributed by atoms with E-state index in [4.69, 9.17) is 0 Å². The van der Waals surface area contributed by atoms with Crippen molar-refractivity contribution in [1.82, 2.24) is 14.9 Å². The third-order valence-electron chi connectivity index (χ3n) is 6.35. The summed E-state index contributed by atoms with van der Waals surface area (Å²) in [6.45, 7) is 3.48. The van der Waals surface area contributed by atoms with Crippen molar-refractivity contribution in [1.29, 1.82) is 0 Å². The second-order valence-corrected chi connectivity index (χ2v) is 12.8. The van der Waals surface area contributed by atoms with Gasteiger partial charge >= 0.3 is 0 Å². The molecule has 4 rings (SSSR count). The van der Waals surface area contributed by atoms with Crippen LogP contribution in [-0.4, -0.2) is 55.5 Å². The van der Waals surface area contributed by atoms with Gasteiger partial charge in [0.1, 0.15) is 11.9 Å². The fraction of sp³-hybridized carbons (Fsp3) is 0.370. The SMILES string of the molecule is CC(C)C[C@H](NC(=O)c1cc2ccccc2s1)C(=O)NC1CCCN(S(=O)(=O)c2cccc(F)c2)CC1=O. The van der Waals surface area contributed by atoms with Gasteiger partial charge in [0.25, 0.3) is 5.91 Å². The van der Waals surface area contributed by atoms with Crippen LogP contribution in [0.2, 0.25) is 0 Å². The number of fused-ring (bicyclic) bond motifs is 1. The van der Waals surface area contributed by atoms with E-state index in [1.807, 2.05) is 38.1 Å². The first-order valence-corrected chi connectivity index (χ1v) is 14.7. The number of nitrogens with zero attached hydrogens (tertiary/aromatic N) is 1. The molecule has 38 heavy (non-hydrogen) atoms. The zero-order valence-corrected chi connectivity index (χ0v) is 22.8. The average molecular weight is 560 g/mol. The molecule has 2 aromatic carbocycles. The Morgan fingerprint density at radius 1 is 1.13 bits per heavy atom. The summed E-state index contributed by atoms with van der Waals surface area (Å²) in [4.78, 5) is 39.5. The van der Waals surface area contributed by atoms with Gasteiger partial charge in [0.15, 0.2) is 5.78 Å². The molecule has 2 atom stereocenters. The zero-order chi connectivity index (χ0) is 27.4. The topological polar surface area (TPSA) is 113 Å². The van der Waals surface area contributed by atoms with Crippen LogP contribution in [0.1, 0.15) is 42.8 Å². The Kier molecular flexibility index (Phi) is 8.59. The number of thiophene rings is 1. The molecule has 202 valence electrons. The summed E-state index contributed by atoms with van der Waals surface area (Å²) in [6, 6.07) is 12.3. The molecule has 1 fully saturated rings. The third kappa shape index (κ3) is 6.46. The smallest absolute Gasteiger partial charge is 0.262 e. The first-order chi connectivity index (χ1) is 18.0. The molecular formula is C27H30FN3O5S2. The molecule has 1 aliphatic rings. The van der Waals surface area contributed by atoms with E-state index in [1.165, 1.54) is 23.5 Å². The molecule has 0 bridgehead atoms. The molecule has 2 N–H and O–H groups in total. The van der Waals surface area contributed by atoms with Gasteiger partial charge in [-0.25, -0.2) is 12.8 Å². The monoisotopic (exact) mass is 559 g/mol. The Hall–Kier alpha value is -3.15.